The molecule has 0 aromatic heterocycles. The summed E-state index contributed by atoms with van der Waals surface area (Å²) in [7, 11) is 1.64. The molecule has 0 atom stereocenters. The van der Waals surface area contributed by atoms with Crippen LogP contribution in [0.4, 0.5) is 0 Å². The summed E-state index contributed by atoms with van der Waals surface area (Å²) in [6.45, 7) is 8.07. The standard InChI is InChI=1S/C21H29NO3/c1-15(2)19-7-6-18(13-16(19)3)24-11-12-25-20-8-5-17(9-10-22)14-21(20)23-4/h5-8,13-15H,9-12,22H2,1-4H3. The summed E-state index contributed by atoms with van der Waals surface area (Å²) in [6.07, 6.45) is 0.825. The molecule has 2 N–H and O–H groups in total. The first-order valence-electron chi connectivity index (χ1n) is 8.78. The molecular weight excluding hydrogens is 314 g/mol. The zero-order valence-corrected chi connectivity index (χ0v) is 15.7. The normalized spacial score (nSPS) is 10.8. The van der Waals surface area contributed by atoms with Gasteiger partial charge in [0, 0.05) is 0 Å². The Bertz CT molecular complexity index is 683. The van der Waals surface area contributed by atoms with Crippen LogP contribution in [0.5, 0.6) is 17.2 Å². The number of hydrogen-bond acceptors (Lipinski definition) is 4. The lowest BCUT2D eigenvalue weighted by Gasteiger charge is -2.14. The van der Waals surface area contributed by atoms with E-state index in [9.17, 15) is 0 Å². The van der Waals surface area contributed by atoms with Crippen LogP contribution in [-0.2, 0) is 6.42 Å². The third-order valence-electron chi connectivity index (χ3n) is 4.13. The smallest absolute Gasteiger partial charge is 0.161 e. The van der Waals surface area contributed by atoms with Crippen molar-refractivity contribution >= 4 is 0 Å². The second-order valence-electron chi connectivity index (χ2n) is 6.39. The lowest BCUT2D eigenvalue weighted by atomic mass is 9.98. The van der Waals surface area contributed by atoms with Gasteiger partial charge in [-0.05, 0) is 66.8 Å². The molecule has 0 bridgehead atoms. The SMILES string of the molecule is COc1cc(CCN)ccc1OCCOc1ccc(C(C)C)c(C)c1. The van der Waals surface area contributed by atoms with E-state index in [0.717, 1.165) is 29.2 Å². The van der Waals surface area contributed by atoms with Crippen molar-refractivity contribution in [2.75, 3.05) is 26.9 Å². The molecule has 2 rings (SSSR count). The highest BCUT2D eigenvalue weighted by Crippen LogP contribution is 2.28. The summed E-state index contributed by atoms with van der Waals surface area (Å²) < 4.78 is 17.0. The Morgan fingerprint density at radius 1 is 0.960 bits per heavy atom. The Hall–Kier alpha value is -2.20. The predicted octanol–water partition coefficient (Wildman–Crippen LogP) is 4.09. The molecule has 25 heavy (non-hydrogen) atoms. The lowest BCUT2D eigenvalue weighted by Crippen LogP contribution is -2.10. The zero-order valence-electron chi connectivity index (χ0n) is 15.7. The summed E-state index contributed by atoms with van der Waals surface area (Å²) in [6, 6.07) is 12.1. The monoisotopic (exact) mass is 343 g/mol. The third-order valence-corrected chi connectivity index (χ3v) is 4.13. The Morgan fingerprint density at radius 3 is 2.36 bits per heavy atom. The van der Waals surface area contributed by atoms with Crippen LogP contribution in [0.2, 0.25) is 0 Å². The molecule has 4 nitrogen and oxygen atoms in total. The quantitative estimate of drug-likeness (QED) is 0.697. The van der Waals surface area contributed by atoms with Gasteiger partial charge in [0.1, 0.15) is 19.0 Å². The van der Waals surface area contributed by atoms with Crippen LogP contribution in [0.3, 0.4) is 0 Å². The van der Waals surface area contributed by atoms with Gasteiger partial charge in [-0.15, -0.1) is 0 Å². The molecule has 0 unspecified atom stereocenters. The molecule has 0 radical (unpaired) electrons. The fourth-order valence-electron chi connectivity index (χ4n) is 2.85. The summed E-state index contributed by atoms with van der Waals surface area (Å²) >= 11 is 0. The van der Waals surface area contributed by atoms with Gasteiger partial charge in [-0.1, -0.05) is 26.0 Å². The van der Waals surface area contributed by atoms with E-state index in [4.69, 9.17) is 19.9 Å². The van der Waals surface area contributed by atoms with Crippen molar-refractivity contribution in [2.45, 2.75) is 33.1 Å². The molecule has 0 saturated heterocycles. The van der Waals surface area contributed by atoms with Crippen molar-refractivity contribution in [3.05, 3.63) is 53.1 Å². The van der Waals surface area contributed by atoms with Crippen LogP contribution in [0.15, 0.2) is 36.4 Å². The van der Waals surface area contributed by atoms with Crippen LogP contribution < -0.4 is 19.9 Å². The molecule has 0 spiro atoms. The van der Waals surface area contributed by atoms with Gasteiger partial charge in [0.15, 0.2) is 11.5 Å². The highest BCUT2D eigenvalue weighted by Gasteiger charge is 2.07. The minimum atomic E-state index is 0.456. The molecule has 136 valence electrons. The Balaban J connectivity index is 1.88. The first-order chi connectivity index (χ1) is 12.0. The van der Waals surface area contributed by atoms with Crippen molar-refractivity contribution < 1.29 is 14.2 Å². The Morgan fingerprint density at radius 2 is 1.72 bits per heavy atom. The van der Waals surface area contributed by atoms with E-state index in [2.05, 4.69) is 32.9 Å². The molecule has 0 saturated carbocycles. The van der Waals surface area contributed by atoms with E-state index in [-0.39, 0.29) is 0 Å². The maximum absolute atomic E-state index is 5.80. The first-order valence-corrected chi connectivity index (χ1v) is 8.78. The largest absolute Gasteiger partial charge is 0.493 e. The molecule has 2 aromatic carbocycles. The number of ether oxygens (including phenoxy) is 3. The van der Waals surface area contributed by atoms with Gasteiger partial charge in [-0.2, -0.15) is 0 Å². The minimum Gasteiger partial charge on any atom is -0.493 e. The number of rotatable bonds is 9. The van der Waals surface area contributed by atoms with Gasteiger partial charge in [0.05, 0.1) is 7.11 Å². The topological polar surface area (TPSA) is 53.7 Å². The van der Waals surface area contributed by atoms with Crippen LogP contribution in [0, 0.1) is 6.92 Å². The van der Waals surface area contributed by atoms with E-state index in [1.165, 1.54) is 11.1 Å². The fourth-order valence-corrected chi connectivity index (χ4v) is 2.85. The van der Waals surface area contributed by atoms with Gasteiger partial charge in [-0.3, -0.25) is 0 Å². The van der Waals surface area contributed by atoms with E-state index in [1.807, 2.05) is 24.3 Å². The van der Waals surface area contributed by atoms with Crippen molar-refractivity contribution in [1.29, 1.82) is 0 Å². The van der Waals surface area contributed by atoms with Crippen molar-refractivity contribution in [2.24, 2.45) is 5.73 Å². The molecule has 0 heterocycles. The van der Waals surface area contributed by atoms with Crippen molar-refractivity contribution in [1.82, 2.24) is 0 Å². The predicted molar refractivity (Wildman–Crippen MR) is 102 cm³/mol. The lowest BCUT2D eigenvalue weighted by molar-refractivity contribution is 0.211. The first kappa shape index (κ1) is 19.1. The molecule has 0 aliphatic heterocycles. The van der Waals surface area contributed by atoms with Crippen molar-refractivity contribution in [3.63, 3.8) is 0 Å². The van der Waals surface area contributed by atoms with Gasteiger partial charge in [0.2, 0.25) is 0 Å². The van der Waals surface area contributed by atoms with Gasteiger partial charge in [-0.25, -0.2) is 0 Å². The third kappa shape index (κ3) is 5.40. The van der Waals surface area contributed by atoms with Crippen LogP contribution in [0.25, 0.3) is 0 Å². The van der Waals surface area contributed by atoms with E-state index >= 15 is 0 Å². The molecule has 0 fully saturated rings. The average Bonchev–Trinajstić information content (AvgIpc) is 2.59. The molecule has 0 aliphatic carbocycles. The van der Waals surface area contributed by atoms with E-state index < -0.39 is 0 Å². The second-order valence-corrected chi connectivity index (χ2v) is 6.39. The highest BCUT2D eigenvalue weighted by molar-refractivity contribution is 5.43. The molecule has 4 heteroatoms. The Kier molecular flexibility index (Phi) is 7.14. The summed E-state index contributed by atoms with van der Waals surface area (Å²) in [4.78, 5) is 0. The number of aryl methyl sites for hydroxylation is 1. The van der Waals surface area contributed by atoms with E-state index in [0.29, 0.717) is 25.7 Å². The van der Waals surface area contributed by atoms with Crippen molar-refractivity contribution in [3.8, 4) is 17.2 Å². The zero-order chi connectivity index (χ0) is 18.2. The number of nitrogens with two attached hydrogens (primary N) is 1. The fraction of sp³-hybridized carbons (Fsp3) is 0.429. The maximum atomic E-state index is 5.80. The Labute approximate surface area is 150 Å². The molecular formula is C21H29NO3. The number of benzene rings is 2. The van der Waals surface area contributed by atoms with E-state index in [1.54, 1.807) is 7.11 Å². The summed E-state index contributed by atoms with van der Waals surface area (Å²) in [5, 5.41) is 0. The van der Waals surface area contributed by atoms with Gasteiger partial charge >= 0.3 is 0 Å². The maximum Gasteiger partial charge on any atom is 0.161 e. The number of hydrogen-bond donors (Lipinski definition) is 1. The van der Waals surface area contributed by atoms with Crippen LogP contribution in [-0.4, -0.2) is 26.9 Å². The second kappa shape index (κ2) is 9.33. The minimum absolute atomic E-state index is 0.456. The van der Waals surface area contributed by atoms with Gasteiger partial charge in [0.25, 0.3) is 0 Å². The molecule has 0 amide bonds. The van der Waals surface area contributed by atoms with Crippen LogP contribution >= 0.6 is 0 Å². The molecule has 2 aromatic rings. The van der Waals surface area contributed by atoms with Gasteiger partial charge < -0.3 is 19.9 Å². The summed E-state index contributed by atoms with van der Waals surface area (Å²) in [5.41, 5.74) is 9.34. The average molecular weight is 343 g/mol. The van der Waals surface area contributed by atoms with Crippen LogP contribution in [0.1, 0.15) is 36.5 Å². The summed E-state index contributed by atoms with van der Waals surface area (Å²) in [5.74, 6) is 2.84. The molecule has 0 aliphatic rings. The number of methoxy groups -OCH3 is 1. The highest BCUT2D eigenvalue weighted by atomic mass is 16.5.